The summed E-state index contributed by atoms with van der Waals surface area (Å²) in [6.07, 6.45) is 2.21. The monoisotopic (exact) mass is 260 g/mol. The first kappa shape index (κ1) is 12.5. The highest BCUT2D eigenvalue weighted by molar-refractivity contribution is 5.85. The van der Waals surface area contributed by atoms with Crippen LogP contribution in [0.3, 0.4) is 0 Å². The van der Waals surface area contributed by atoms with Gasteiger partial charge in [-0.15, -0.1) is 0 Å². The highest BCUT2D eigenvalue weighted by Gasteiger charge is 2.14. The first-order valence-corrected chi connectivity index (χ1v) is 6.89. The molecular formula is C15H20N2O2. The van der Waals surface area contributed by atoms with Crippen LogP contribution in [-0.2, 0) is 17.8 Å². The molecule has 0 unspecified atom stereocenters. The highest BCUT2D eigenvalue weighted by atomic mass is 16.5. The number of hydrogen-bond acceptors (Lipinski definition) is 3. The second-order valence-corrected chi connectivity index (χ2v) is 5.03. The molecule has 102 valence electrons. The Bertz CT molecular complexity index is 571. The molecule has 1 aromatic carbocycles. The fraction of sp³-hybridized carbons (Fsp3) is 0.467. The van der Waals surface area contributed by atoms with Crippen molar-refractivity contribution >= 4 is 10.9 Å². The Balaban J connectivity index is 1.94. The predicted molar refractivity (Wildman–Crippen MR) is 75.4 cm³/mol. The number of fused-ring (bicyclic) bond motifs is 1. The van der Waals surface area contributed by atoms with Gasteiger partial charge < -0.3 is 14.4 Å². The lowest BCUT2D eigenvalue weighted by Gasteiger charge is -2.26. The van der Waals surface area contributed by atoms with E-state index in [-0.39, 0.29) is 0 Å². The van der Waals surface area contributed by atoms with Crippen molar-refractivity contribution in [1.82, 2.24) is 9.47 Å². The number of rotatable bonds is 3. The summed E-state index contributed by atoms with van der Waals surface area (Å²) < 4.78 is 7.59. The molecule has 0 aliphatic carbocycles. The molecule has 2 heterocycles. The predicted octanol–water partition coefficient (Wildman–Crippen LogP) is 2.20. The molecular weight excluding hydrogens is 240 g/mol. The second kappa shape index (κ2) is 5.23. The Kier molecular flexibility index (Phi) is 3.44. The van der Waals surface area contributed by atoms with Crippen LogP contribution in [0.4, 0.5) is 0 Å². The third-order valence-corrected chi connectivity index (χ3v) is 3.79. The van der Waals surface area contributed by atoms with Gasteiger partial charge in [0.2, 0.25) is 0 Å². The Morgan fingerprint density at radius 1 is 1.26 bits per heavy atom. The van der Waals surface area contributed by atoms with E-state index in [1.807, 2.05) is 12.1 Å². The highest BCUT2D eigenvalue weighted by Crippen LogP contribution is 2.26. The molecule has 0 atom stereocenters. The molecule has 1 aromatic heterocycles. The van der Waals surface area contributed by atoms with Gasteiger partial charge in [-0.2, -0.15) is 0 Å². The van der Waals surface area contributed by atoms with Gasteiger partial charge in [-0.05, 0) is 24.6 Å². The summed E-state index contributed by atoms with van der Waals surface area (Å²) in [6, 6.07) is 5.64. The Hall–Kier alpha value is -1.52. The quantitative estimate of drug-likeness (QED) is 0.919. The number of aryl methyl sites for hydroxylation is 1. The van der Waals surface area contributed by atoms with Crippen molar-refractivity contribution in [3.63, 3.8) is 0 Å². The number of aromatic nitrogens is 1. The normalized spacial score (nSPS) is 17.1. The van der Waals surface area contributed by atoms with Crippen LogP contribution < -0.4 is 0 Å². The van der Waals surface area contributed by atoms with E-state index in [4.69, 9.17) is 4.74 Å². The molecule has 1 aliphatic heterocycles. The standard InChI is InChI=1S/C15H20N2O2/c1-2-17-11-12(10-16-5-7-19-8-6-16)14-4-3-13(18)9-15(14)17/h3-4,9,11,18H,2,5-8,10H2,1H3. The van der Waals surface area contributed by atoms with Gasteiger partial charge in [0, 0.05) is 43.8 Å². The van der Waals surface area contributed by atoms with E-state index in [0.29, 0.717) is 5.75 Å². The molecule has 0 saturated carbocycles. The molecule has 4 heteroatoms. The summed E-state index contributed by atoms with van der Waals surface area (Å²) in [5.41, 5.74) is 2.45. The largest absolute Gasteiger partial charge is 0.508 e. The number of benzene rings is 1. The number of nitrogens with zero attached hydrogens (tertiary/aromatic N) is 2. The molecule has 0 bridgehead atoms. The van der Waals surface area contributed by atoms with Crippen LogP contribution in [-0.4, -0.2) is 40.9 Å². The fourth-order valence-electron chi connectivity index (χ4n) is 2.74. The molecule has 1 aliphatic rings. The molecule has 1 fully saturated rings. The molecule has 4 nitrogen and oxygen atoms in total. The number of hydrogen-bond donors (Lipinski definition) is 1. The topological polar surface area (TPSA) is 37.6 Å². The van der Waals surface area contributed by atoms with Crippen molar-refractivity contribution in [2.45, 2.75) is 20.0 Å². The van der Waals surface area contributed by atoms with E-state index >= 15 is 0 Å². The number of aromatic hydroxyl groups is 1. The van der Waals surface area contributed by atoms with E-state index in [1.165, 1.54) is 10.9 Å². The Morgan fingerprint density at radius 3 is 2.79 bits per heavy atom. The van der Waals surface area contributed by atoms with Crippen molar-refractivity contribution in [2.24, 2.45) is 0 Å². The van der Waals surface area contributed by atoms with Crippen LogP contribution >= 0.6 is 0 Å². The van der Waals surface area contributed by atoms with Crippen LogP contribution in [0.15, 0.2) is 24.4 Å². The molecule has 0 radical (unpaired) electrons. The smallest absolute Gasteiger partial charge is 0.117 e. The molecule has 1 saturated heterocycles. The summed E-state index contributed by atoms with van der Waals surface area (Å²) in [6.45, 7) is 7.65. The Labute approximate surface area is 113 Å². The number of morpholine rings is 1. The third-order valence-electron chi connectivity index (χ3n) is 3.79. The van der Waals surface area contributed by atoms with Crippen LogP contribution in [0.25, 0.3) is 10.9 Å². The van der Waals surface area contributed by atoms with E-state index in [1.54, 1.807) is 6.07 Å². The minimum atomic E-state index is 0.332. The molecule has 3 rings (SSSR count). The summed E-state index contributed by atoms with van der Waals surface area (Å²) in [5.74, 6) is 0.332. The van der Waals surface area contributed by atoms with Gasteiger partial charge >= 0.3 is 0 Å². The van der Waals surface area contributed by atoms with Gasteiger partial charge in [0.1, 0.15) is 5.75 Å². The maximum Gasteiger partial charge on any atom is 0.117 e. The molecule has 0 spiro atoms. The maximum absolute atomic E-state index is 9.64. The number of phenolic OH excluding ortho intramolecular Hbond substituents is 1. The zero-order valence-corrected chi connectivity index (χ0v) is 11.3. The van der Waals surface area contributed by atoms with E-state index in [0.717, 1.165) is 44.9 Å². The zero-order valence-electron chi connectivity index (χ0n) is 11.3. The Morgan fingerprint density at radius 2 is 2.05 bits per heavy atom. The summed E-state index contributed by atoms with van der Waals surface area (Å²) >= 11 is 0. The lowest BCUT2D eigenvalue weighted by Crippen LogP contribution is -2.35. The van der Waals surface area contributed by atoms with Crippen LogP contribution in [0.5, 0.6) is 5.75 Å². The van der Waals surface area contributed by atoms with Gasteiger partial charge in [-0.1, -0.05) is 0 Å². The first-order chi connectivity index (χ1) is 9.28. The van der Waals surface area contributed by atoms with Gasteiger partial charge in [0.15, 0.2) is 0 Å². The summed E-state index contributed by atoms with van der Waals surface area (Å²) in [4.78, 5) is 2.42. The summed E-state index contributed by atoms with van der Waals surface area (Å²) in [5, 5.41) is 10.9. The van der Waals surface area contributed by atoms with Crippen molar-refractivity contribution in [3.05, 3.63) is 30.0 Å². The molecule has 1 N–H and O–H groups in total. The van der Waals surface area contributed by atoms with Crippen molar-refractivity contribution in [3.8, 4) is 5.75 Å². The second-order valence-electron chi connectivity index (χ2n) is 5.03. The van der Waals surface area contributed by atoms with Crippen molar-refractivity contribution < 1.29 is 9.84 Å². The number of phenols is 1. The molecule has 19 heavy (non-hydrogen) atoms. The van der Waals surface area contributed by atoms with Crippen LogP contribution in [0.1, 0.15) is 12.5 Å². The van der Waals surface area contributed by atoms with Gasteiger partial charge in [-0.25, -0.2) is 0 Å². The average Bonchev–Trinajstić information content (AvgIpc) is 2.77. The van der Waals surface area contributed by atoms with Crippen molar-refractivity contribution in [2.75, 3.05) is 26.3 Å². The minimum absolute atomic E-state index is 0.332. The minimum Gasteiger partial charge on any atom is -0.508 e. The molecule has 2 aromatic rings. The number of ether oxygens (including phenoxy) is 1. The SMILES string of the molecule is CCn1cc(CN2CCOCC2)c2ccc(O)cc21. The zero-order chi connectivity index (χ0) is 13.2. The average molecular weight is 260 g/mol. The lowest BCUT2D eigenvalue weighted by atomic mass is 10.1. The summed E-state index contributed by atoms with van der Waals surface area (Å²) in [7, 11) is 0. The fourth-order valence-corrected chi connectivity index (χ4v) is 2.74. The first-order valence-electron chi connectivity index (χ1n) is 6.89. The van der Waals surface area contributed by atoms with Gasteiger partial charge in [0.25, 0.3) is 0 Å². The molecule has 0 amide bonds. The van der Waals surface area contributed by atoms with Crippen LogP contribution in [0.2, 0.25) is 0 Å². The van der Waals surface area contributed by atoms with Crippen LogP contribution in [0, 0.1) is 0 Å². The lowest BCUT2D eigenvalue weighted by molar-refractivity contribution is 0.0343. The van der Waals surface area contributed by atoms with Gasteiger partial charge in [0.05, 0.1) is 18.7 Å². The van der Waals surface area contributed by atoms with E-state index < -0.39 is 0 Å². The van der Waals surface area contributed by atoms with Crippen molar-refractivity contribution in [1.29, 1.82) is 0 Å². The maximum atomic E-state index is 9.64. The third kappa shape index (κ3) is 2.46. The van der Waals surface area contributed by atoms with E-state index in [9.17, 15) is 5.11 Å². The van der Waals surface area contributed by atoms with E-state index in [2.05, 4.69) is 22.6 Å². The van der Waals surface area contributed by atoms with Gasteiger partial charge in [-0.3, -0.25) is 4.90 Å².